The van der Waals surface area contributed by atoms with Crippen molar-refractivity contribution in [3.8, 4) is 5.75 Å². The summed E-state index contributed by atoms with van der Waals surface area (Å²) in [6.45, 7) is 6.59. The van der Waals surface area contributed by atoms with Crippen LogP contribution < -0.4 is 15.8 Å². The van der Waals surface area contributed by atoms with Gasteiger partial charge in [-0.1, -0.05) is 11.6 Å². The highest BCUT2D eigenvalue weighted by Gasteiger charge is 2.32. The number of aliphatic hydroxyl groups excluding tert-OH is 1. The third-order valence-electron chi connectivity index (χ3n) is 6.55. The molecule has 9 heteroatoms. The molecule has 31 heavy (non-hydrogen) atoms. The van der Waals surface area contributed by atoms with Gasteiger partial charge in [0.25, 0.3) is 5.91 Å². The highest BCUT2D eigenvalue weighted by atomic mass is 35.5. The number of halogens is 1. The van der Waals surface area contributed by atoms with E-state index >= 15 is 0 Å². The average molecular weight is 454 g/mol. The number of fused-ring (bicyclic) bond motifs is 1. The number of nitrogen functional groups attached to an aromatic ring is 1. The van der Waals surface area contributed by atoms with E-state index in [2.05, 4.69) is 10.2 Å². The van der Waals surface area contributed by atoms with E-state index in [0.29, 0.717) is 61.4 Å². The number of anilines is 1. The zero-order valence-electron chi connectivity index (χ0n) is 18.0. The summed E-state index contributed by atoms with van der Waals surface area (Å²) in [6.07, 6.45) is 2.78. The predicted octanol–water partition coefficient (Wildman–Crippen LogP) is 1.81. The Hall–Kier alpha value is -1.58. The molecule has 2 saturated heterocycles. The smallest absolute Gasteiger partial charge is 0.255 e. The molecular formula is C22H32ClN3O5. The predicted molar refractivity (Wildman–Crippen MR) is 117 cm³/mol. The summed E-state index contributed by atoms with van der Waals surface area (Å²) in [6, 6.07) is 1.56. The molecule has 0 saturated carbocycles. The molecule has 1 aromatic rings. The Labute approximate surface area is 188 Å². The zero-order chi connectivity index (χ0) is 22.0. The number of ether oxygens (including phenoxy) is 3. The van der Waals surface area contributed by atoms with E-state index < -0.39 is 11.9 Å². The summed E-state index contributed by atoms with van der Waals surface area (Å²) in [7, 11) is 0. The van der Waals surface area contributed by atoms with Crippen LogP contribution in [0, 0.1) is 5.92 Å². The lowest BCUT2D eigenvalue weighted by molar-refractivity contribution is -0.148. The van der Waals surface area contributed by atoms with Gasteiger partial charge in [-0.15, -0.1) is 0 Å². The second kappa shape index (κ2) is 9.50. The van der Waals surface area contributed by atoms with E-state index in [-0.39, 0.29) is 11.8 Å². The Kier molecular flexibility index (Phi) is 6.93. The van der Waals surface area contributed by atoms with Crippen molar-refractivity contribution < 1.29 is 24.1 Å². The van der Waals surface area contributed by atoms with E-state index in [0.717, 1.165) is 37.9 Å². The van der Waals surface area contributed by atoms with E-state index in [1.165, 1.54) is 0 Å². The standard InChI is InChI=1S/C22H32ClN3O5/c1-22(30-9-10-31-22)5-2-6-26-7-3-14(18(27)13-26)12-25-21(28)16-11-17(23)19(24)15-4-8-29-20(15)16/h11,14,18,27H,2-10,12-13,24H2,1H3,(H,25,28)/t14-,18-/m0/s1. The van der Waals surface area contributed by atoms with Crippen LogP contribution in [0.5, 0.6) is 5.75 Å². The van der Waals surface area contributed by atoms with Gasteiger partial charge in [0.1, 0.15) is 5.75 Å². The minimum absolute atomic E-state index is 0.0115. The van der Waals surface area contributed by atoms with Crippen LogP contribution in [0.3, 0.4) is 0 Å². The lowest BCUT2D eigenvalue weighted by Crippen LogP contribution is -2.48. The number of aliphatic hydroxyl groups is 1. The quantitative estimate of drug-likeness (QED) is 0.540. The van der Waals surface area contributed by atoms with Crippen LogP contribution in [-0.2, 0) is 15.9 Å². The number of nitrogens with two attached hydrogens (primary N) is 1. The number of hydrogen-bond donors (Lipinski definition) is 3. The molecular weight excluding hydrogens is 422 g/mol. The van der Waals surface area contributed by atoms with Crippen molar-refractivity contribution in [3.63, 3.8) is 0 Å². The number of β-amino-alcohol motifs (C(OH)–C–C–N with tert-alkyl or cyclic N) is 1. The van der Waals surface area contributed by atoms with Gasteiger partial charge < -0.3 is 35.3 Å². The number of benzene rings is 1. The number of hydrogen-bond acceptors (Lipinski definition) is 7. The van der Waals surface area contributed by atoms with Crippen molar-refractivity contribution >= 4 is 23.2 Å². The molecule has 0 aromatic heterocycles. The first-order chi connectivity index (χ1) is 14.9. The van der Waals surface area contributed by atoms with Crippen molar-refractivity contribution in [2.45, 2.75) is 44.5 Å². The van der Waals surface area contributed by atoms with Crippen molar-refractivity contribution in [2.75, 3.05) is 51.7 Å². The summed E-state index contributed by atoms with van der Waals surface area (Å²) in [4.78, 5) is 15.0. The molecule has 3 heterocycles. The van der Waals surface area contributed by atoms with Gasteiger partial charge in [0.15, 0.2) is 5.79 Å². The Morgan fingerprint density at radius 1 is 1.39 bits per heavy atom. The highest BCUT2D eigenvalue weighted by Crippen LogP contribution is 2.38. The van der Waals surface area contributed by atoms with Crippen molar-refractivity contribution in [3.05, 3.63) is 22.2 Å². The maximum absolute atomic E-state index is 12.8. The molecule has 4 N–H and O–H groups in total. The number of rotatable bonds is 7. The average Bonchev–Trinajstić information content (AvgIpc) is 3.40. The van der Waals surface area contributed by atoms with E-state index in [9.17, 15) is 9.90 Å². The Morgan fingerprint density at radius 3 is 2.90 bits per heavy atom. The molecule has 1 aromatic carbocycles. The summed E-state index contributed by atoms with van der Waals surface area (Å²) >= 11 is 6.20. The van der Waals surface area contributed by atoms with Crippen molar-refractivity contribution in [2.24, 2.45) is 5.92 Å². The third kappa shape index (κ3) is 5.09. The monoisotopic (exact) mass is 453 g/mol. The van der Waals surface area contributed by atoms with Crippen LogP contribution in [0.1, 0.15) is 42.1 Å². The van der Waals surface area contributed by atoms with Crippen molar-refractivity contribution in [1.82, 2.24) is 10.2 Å². The van der Waals surface area contributed by atoms with Crippen LogP contribution >= 0.6 is 11.6 Å². The SMILES string of the molecule is CC1(CCCN2CC[C@@H](CNC(=O)c3cc(Cl)c(N)c4c3OCC4)[C@@H](O)C2)OCCO1. The van der Waals surface area contributed by atoms with E-state index in [1.807, 2.05) is 6.92 Å². The minimum atomic E-state index is -0.486. The van der Waals surface area contributed by atoms with Gasteiger partial charge in [-0.25, -0.2) is 0 Å². The number of nitrogens with one attached hydrogen (secondary N) is 1. The first-order valence-electron chi connectivity index (χ1n) is 11.1. The summed E-state index contributed by atoms with van der Waals surface area (Å²) < 4.78 is 16.9. The second-order valence-electron chi connectivity index (χ2n) is 8.79. The maximum atomic E-state index is 12.8. The molecule has 0 aliphatic carbocycles. The van der Waals surface area contributed by atoms with Gasteiger partial charge in [0.05, 0.1) is 42.2 Å². The lowest BCUT2D eigenvalue weighted by atomic mass is 9.93. The zero-order valence-corrected chi connectivity index (χ0v) is 18.7. The van der Waals surface area contributed by atoms with Crippen LogP contribution in [-0.4, -0.2) is 73.8 Å². The Bertz CT molecular complexity index is 815. The molecule has 3 aliphatic rings. The number of likely N-dealkylation sites (tertiary alicyclic amines) is 1. The first-order valence-corrected chi connectivity index (χ1v) is 11.4. The Morgan fingerprint density at radius 2 is 2.16 bits per heavy atom. The summed E-state index contributed by atoms with van der Waals surface area (Å²) in [5.74, 6) is -0.175. The number of piperidine rings is 1. The van der Waals surface area contributed by atoms with Gasteiger partial charge >= 0.3 is 0 Å². The fraction of sp³-hybridized carbons (Fsp3) is 0.682. The molecule has 1 amide bonds. The molecule has 2 atom stereocenters. The highest BCUT2D eigenvalue weighted by molar-refractivity contribution is 6.33. The second-order valence-corrected chi connectivity index (χ2v) is 9.19. The molecule has 172 valence electrons. The largest absolute Gasteiger partial charge is 0.492 e. The molecule has 0 bridgehead atoms. The summed E-state index contributed by atoms with van der Waals surface area (Å²) in [5, 5.41) is 13.9. The fourth-order valence-corrected chi connectivity index (χ4v) is 4.89. The van der Waals surface area contributed by atoms with Gasteiger partial charge in [0, 0.05) is 37.4 Å². The summed E-state index contributed by atoms with van der Waals surface area (Å²) in [5.41, 5.74) is 7.69. The number of nitrogens with zero attached hydrogens (tertiary/aromatic N) is 1. The van der Waals surface area contributed by atoms with Crippen LogP contribution in [0.2, 0.25) is 5.02 Å². The molecule has 8 nitrogen and oxygen atoms in total. The molecule has 0 spiro atoms. The molecule has 4 rings (SSSR count). The van der Waals surface area contributed by atoms with E-state index in [4.69, 9.17) is 31.5 Å². The minimum Gasteiger partial charge on any atom is -0.492 e. The molecule has 3 aliphatic heterocycles. The number of carbonyl (C=O) groups is 1. The van der Waals surface area contributed by atoms with E-state index in [1.54, 1.807) is 6.07 Å². The number of amides is 1. The number of carbonyl (C=O) groups excluding carboxylic acids is 1. The molecule has 0 radical (unpaired) electrons. The maximum Gasteiger partial charge on any atom is 0.255 e. The van der Waals surface area contributed by atoms with Gasteiger partial charge in [-0.2, -0.15) is 0 Å². The fourth-order valence-electron chi connectivity index (χ4n) is 4.67. The Balaban J connectivity index is 1.24. The lowest BCUT2D eigenvalue weighted by Gasteiger charge is -2.36. The van der Waals surface area contributed by atoms with Gasteiger partial charge in [-0.05, 0) is 38.9 Å². The topological polar surface area (TPSA) is 106 Å². The van der Waals surface area contributed by atoms with Gasteiger partial charge in [-0.3, -0.25) is 4.79 Å². The normalized spacial score (nSPS) is 25.3. The third-order valence-corrected chi connectivity index (χ3v) is 6.86. The molecule has 0 unspecified atom stereocenters. The van der Waals surface area contributed by atoms with Crippen LogP contribution in [0.15, 0.2) is 6.07 Å². The molecule has 2 fully saturated rings. The van der Waals surface area contributed by atoms with Crippen LogP contribution in [0.25, 0.3) is 0 Å². The van der Waals surface area contributed by atoms with Crippen LogP contribution in [0.4, 0.5) is 5.69 Å². The van der Waals surface area contributed by atoms with Crippen molar-refractivity contribution in [1.29, 1.82) is 0 Å². The van der Waals surface area contributed by atoms with Gasteiger partial charge in [0.2, 0.25) is 0 Å². The first kappa shape index (κ1) is 22.6.